The number of hydrogen-bond acceptors (Lipinski definition) is 4. The maximum atomic E-state index is 12.4. The Bertz CT molecular complexity index is 707. The number of amides is 1. The lowest BCUT2D eigenvalue weighted by molar-refractivity contribution is 0.0219. The smallest absolute Gasteiger partial charge is 0.410 e. The van der Waals surface area contributed by atoms with Crippen molar-refractivity contribution in [3.8, 4) is 0 Å². The van der Waals surface area contributed by atoms with Crippen LogP contribution in [0.2, 0.25) is 0 Å². The third-order valence-electron chi connectivity index (χ3n) is 3.53. The predicted molar refractivity (Wildman–Crippen MR) is 86.5 cm³/mol. The van der Waals surface area contributed by atoms with Gasteiger partial charge in [-0.3, -0.25) is 4.90 Å². The molecule has 0 saturated carbocycles. The zero-order valence-corrected chi connectivity index (χ0v) is 14.5. The molecule has 1 unspecified atom stereocenters. The van der Waals surface area contributed by atoms with Gasteiger partial charge in [0, 0.05) is 6.54 Å². The van der Waals surface area contributed by atoms with E-state index in [0.717, 1.165) is 28.8 Å². The van der Waals surface area contributed by atoms with E-state index in [1.807, 2.05) is 32.9 Å². The molecule has 7 heteroatoms. The summed E-state index contributed by atoms with van der Waals surface area (Å²) in [6.07, 6.45) is 1.53. The fourth-order valence-electron chi connectivity index (χ4n) is 2.64. The van der Waals surface area contributed by atoms with E-state index in [0.29, 0.717) is 12.2 Å². The van der Waals surface area contributed by atoms with Gasteiger partial charge in [0.05, 0.1) is 11.6 Å². The minimum atomic E-state index is -0.496. The minimum absolute atomic E-state index is 0.0807. The lowest BCUT2D eigenvalue weighted by Gasteiger charge is -2.27. The lowest BCUT2D eigenvalue weighted by Crippen LogP contribution is -2.36. The normalized spacial score (nSPS) is 18.9. The summed E-state index contributed by atoms with van der Waals surface area (Å²) in [4.78, 5) is 26.2. The Hall–Kier alpha value is -1.63. The number of nitrogens with zero attached hydrogens (tertiary/aromatic N) is 3. The largest absolute Gasteiger partial charge is 0.444 e. The zero-order chi connectivity index (χ0) is 15.9. The van der Waals surface area contributed by atoms with Crippen molar-refractivity contribution >= 4 is 33.2 Å². The molecule has 1 aliphatic heterocycles. The Morgan fingerprint density at radius 1 is 1.41 bits per heavy atom. The molecule has 1 N–H and O–H groups in total. The number of nitrogens with one attached hydrogen (secondary N) is 1. The first-order chi connectivity index (χ1) is 10.3. The summed E-state index contributed by atoms with van der Waals surface area (Å²) >= 11 is 3.34. The van der Waals surface area contributed by atoms with Crippen LogP contribution in [0.4, 0.5) is 4.79 Å². The van der Waals surface area contributed by atoms with Gasteiger partial charge in [-0.25, -0.2) is 14.8 Å². The maximum Gasteiger partial charge on any atom is 0.410 e. The first-order valence-electron chi connectivity index (χ1n) is 7.35. The highest BCUT2D eigenvalue weighted by molar-refractivity contribution is 9.10. The van der Waals surface area contributed by atoms with Gasteiger partial charge in [-0.2, -0.15) is 0 Å². The zero-order valence-electron chi connectivity index (χ0n) is 12.9. The molecule has 1 saturated heterocycles. The molecule has 0 radical (unpaired) electrons. The Kier molecular flexibility index (Phi) is 3.84. The van der Waals surface area contributed by atoms with Crippen LogP contribution in [0, 0.1) is 0 Å². The van der Waals surface area contributed by atoms with Crippen molar-refractivity contribution in [2.75, 3.05) is 6.54 Å². The molecule has 1 atom stereocenters. The molecule has 22 heavy (non-hydrogen) atoms. The number of fused-ring (bicyclic) bond motifs is 1. The molecule has 2 aromatic heterocycles. The molecular formula is C15H19BrN4O2. The molecule has 1 amide bonds. The summed E-state index contributed by atoms with van der Waals surface area (Å²) in [7, 11) is 0. The fourth-order valence-corrected chi connectivity index (χ4v) is 2.94. The van der Waals surface area contributed by atoms with Gasteiger partial charge in [-0.05, 0) is 61.7 Å². The SMILES string of the molecule is CC(C)(C)OC(=O)N1CCCC1c1nc2nc(Br)ccc2[nH]1. The van der Waals surface area contributed by atoms with Crippen molar-refractivity contribution in [2.24, 2.45) is 0 Å². The van der Waals surface area contributed by atoms with E-state index in [-0.39, 0.29) is 12.1 Å². The highest BCUT2D eigenvalue weighted by Crippen LogP contribution is 2.32. The van der Waals surface area contributed by atoms with E-state index in [1.54, 1.807) is 4.90 Å². The lowest BCUT2D eigenvalue weighted by atomic mass is 10.2. The average molecular weight is 367 g/mol. The van der Waals surface area contributed by atoms with Crippen LogP contribution in [0.25, 0.3) is 11.2 Å². The molecule has 3 heterocycles. The second-order valence-corrected chi connectivity index (χ2v) is 7.27. The average Bonchev–Trinajstić information content (AvgIpc) is 3.01. The quantitative estimate of drug-likeness (QED) is 0.779. The van der Waals surface area contributed by atoms with Gasteiger partial charge in [0.25, 0.3) is 0 Å². The minimum Gasteiger partial charge on any atom is -0.444 e. The van der Waals surface area contributed by atoms with Gasteiger partial charge >= 0.3 is 6.09 Å². The number of aromatic amines is 1. The number of likely N-dealkylation sites (tertiary alicyclic amines) is 1. The Morgan fingerprint density at radius 2 is 2.18 bits per heavy atom. The van der Waals surface area contributed by atoms with Crippen molar-refractivity contribution in [3.05, 3.63) is 22.6 Å². The van der Waals surface area contributed by atoms with Crippen LogP contribution in [0.15, 0.2) is 16.7 Å². The van der Waals surface area contributed by atoms with Crippen molar-refractivity contribution in [3.63, 3.8) is 0 Å². The molecule has 6 nitrogen and oxygen atoms in total. The van der Waals surface area contributed by atoms with Crippen molar-refractivity contribution in [1.82, 2.24) is 19.9 Å². The molecular weight excluding hydrogens is 348 g/mol. The standard InChI is InChI=1S/C15H19BrN4O2/c1-15(2,3)22-14(21)20-8-4-5-10(20)13-17-9-6-7-11(16)18-12(9)19-13/h6-7,10H,4-5,8H2,1-3H3,(H,17,18,19). The van der Waals surface area contributed by atoms with E-state index in [1.165, 1.54) is 0 Å². The number of aromatic nitrogens is 3. The van der Waals surface area contributed by atoms with Gasteiger partial charge in [0.15, 0.2) is 5.65 Å². The Labute approximate surface area is 137 Å². The molecule has 0 spiro atoms. The third-order valence-corrected chi connectivity index (χ3v) is 3.97. The molecule has 0 bridgehead atoms. The number of halogens is 1. The number of carbonyl (C=O) groups is 1. The highest BCUT2D eigenvalue weighted by atomic mass is 79.9. The highest BCUT2D eigenvalue weighted by Gasteiger charge is 2.35. The number of ether oxygens (including phenoxy) is 1. The molecule has 0 aromatic carbocycles. The van der Waals surface area contributed by atoms with Crippen LogP contribution in [0.1, 0.15) is 45.5 Å². The monoisotopic (exact) mass is 366 g/mol. The fraction of sp³-hybridized carbons (Fsp3) is 0.533. The van der Waals surface area contributed by atoms with E-state index in [4.69, 9.17) is 4.74 Å². The van der Waals surface area contributed by atoms with E-state index >= 15 is 0 Å². The summed E-state index contributed by atoms with van der Waals surface area (Å²) in [6, 6.07) is 3.71. The van der Waals surface area contributed by atoms with Crippen molar-refractivity contribution in [2.45, 2.75) is 45.3 Å². The summed E-state index contributed by atoms with van der Waals surface area (Å²) in [5.74, 6) is 0.768. The third kappa shape index (κ3) is 3.09. The molecule has 118 valence electrons. The second-order valence-electron chi connectivity index (χ2n) is 6.46. The molecule has 0 aliphatic carbocycles. The van der Waals surface area contributed by atoms with E-state index in [2.05, 4.69) is 30.9 Å². The van der Waals surface area contributed by atoms with Gasteiger partial charge in [0.2, 0.25) is 0 Å². The second kappa shape index (κ2) is 5.53. The maximum absolute atomic E-state index is 12.4. The van der Waals surface area contributed by atoms with E-state index < -0.39 is 5.60 Å². The predicted octanol–water partition coefficient (Wildman–Crippen LogP) is 3.79. The van der Waals surface area contributed by atoms with Gasteiger partial charge < -0.3 is 9.72 Å². The Morgan fingerprint density at radius 3 is 2.91 bits per heavy atom. The van der Waals surface area contributed by atoms with Gasteiger partial charge in [0.1, 0.15) is 16.0 Å². The summed E-state index contributed by atoms with van der Waals surface area (Å²) in [5, 5.41) is 0. The molecule has 1 fully saturated rings. The van der Waals surface area contributed by atoms with Crippen molar-refractivity contribution in [1.29, 1.82) is 0 Å². The molecule has 3 rings (SSSR count). The molecule has 2 aromatic rings. The first kappa shape index (κ1) is 15.3. The van der Waals surface area contributed by atoms with Crippen LogP contribution >= 0.6 is 15.9 Å². The van der Waals surface area contributed by atoms with Gasteiger partial charge in [-0.1, -0.05) is 0 Å². The number of carbonyl (C=O) groups excluding carboxylic acids is 1. The number of rotatable bonds is 1. The summed E-state index contributed by atoms with van der Waals surface area (Å²) in [5.41, 5.74) is 1.03. The van der Waals surface area contributed by atoms with Crippen LogP contribution in [-0.4, -0.2) is 38.1 Å². The van der Waals surface area contributed by atoms with Crippen LogP contribution in [-0.2, 0) is 4.74 Å². The summed E-state index contributed by atoms with van der Waals surface area (Å²) < 4.78 is 6.23. The van der Waals surface area contributed by atoms with Gasteiger partial charge in [-0.15, -0.1) is 0 Å². The van der Waals surface area contributed by atoms with Crippen LogP contribution in [0.3, 0.4) is 0 Å². The first-order valence-corrected chi connectivity index (χ1v) is 8.14. The van der Waals surface area contributed by atoms with E-state index in [9.17, 15) is 4.79 Å². The van der Waals surface area contributed by atoms with Crippen LogP contribution in [0.5, 0.6) is 0 Å². The number of imidazole rings is 1. The summed E-state index contributed by atoms with van der Waals surface area (Å²) in [6.45, 7) is 6.31. The van der Waals surface area contributed by atoms with Crippen LogP contribution < -0.4 is 0 Å². The molecule has 1 aliphatic rings. The van der Waals surface area contributed by atoms with Crippen molar-refractivity contribution < 1.29 is 9.53 Å². The number of H-pyrrole nitrogens is 1. The number of hydrogen-bond donors (Lipinski definition) is 1. The number of pyridine rings is 1. The topological polar surface area (TPSA) is 71.1 Å². The Balaban J connectivity index is 1.86.